The molecule has 2 nitrogen and oxygen atoms in total. The summed E-state index contributed by atoms with van der Waals surface area (Å²) in [5, 5.41) is 0.339. The van der Waals surface area contributed by atoms with E-state index < -0.39 is 8.07 Å². The summed E-state index contributed by atoms with van der Waals surface area (Å²) in [4.78, 5) is 11.2. The summed E-state index contributed by atoms with van der Waals surface area (Å²) >= 11 is 0. The maximum absolute atomic E-state index is 11.2. The molecule has 0 bridgehead atoms. The van der Waals surface area contributed by atoms with Gasteiger partial charge >= 0.3 is 5.97 Å². The highest BCUT2D eigenvalue weighted by molar-refractivity contribution is 6.81. The van der Waals surface area contributed by atoms with Gasteiger partial charge in [-0.25, -0.2) is 4.79 Å². The second kappa shape index (κ2) is 5.67. The Bertz CT molecular complexity index is 262. The standard InChI is InChI=1S/C13H26O2Si/c1-8-15-12(14)10-9-11(2)16(6,7)13(3,4)5/h9-11H,8H2,1-7H3/b10-9+. The number of carbonyl (C=O) groups excluding carboxylic acids is 1. The van der Waals surface area contributed by atoms with Gasteiger partial charge in [0, 0.05) is 6.08 Å². The smallest absolute Gasteiger partial charge is 0.330 e. The Balaban J connectivity index is 4.58. The van der Waals surface area contributed by atoms with E-state index in [2.05, 4.69) is 40.8 Å². The summed E-state index contributed by atoms with van der Waals surface area (Å²) in [6.07, 6.45) is 3.59. The van der Waals surface area contributed by atoms with Crippen molar-refractivity contribution in [3.63, 3.8) is 0 Å². The monoisotopic (exact) mass is 242 g/mol. The molecule has 0 saturated heterocycles. The van der Waals surface area contributed by atoms with Crippen molar-refractivity contribution in [2.75, 3.05) is 6.61 Å². The van der Waals surface area contributed by atoms with Crippen LogP contribution in [0.25, 0.3) is 0 Å². The van der Waals surface area contributed by atoms with Crippen molar-refractivity contribution in [2.45, 2.75) is 58.3 Å². The van der Waals surface area contributed by atoms with Crippen molar-refractivity contribution in [3.05, 3.63) is 12.2 Å². The zero-order chi connectivity index (χ0) is 13.0. The highest BCUT2D eigenvalue weighted by atomic mass is 28.3. The van der Waals surface area contributed by atoms with Crippen molar-refractivity contribution >= 4 is 14.0 Å². The minimum absolute atomic E-state index is 0.229. The lowest BCUT2D eigenvalue weighted by Crippen LogP contribution is -2.40. The molecule has 94 valence electrons. The molecule has 1 atom stereocenters. The van der Waals surface area contributed by atoms with Gasteiger partial charge in [0.2, 0.25) is 0 Å². The highest BCUT2D eigenvalue weighted by Crippen LogP contribution is 2.43. The maximum Gasteiger partial charge on any atom is 0.330 e. The van der Waals surface area contributed by atoms with E-state index in [-0.39, 0.29) is 5.97 Å². The zero-order valence-corrected chi connectivity index (χ0v) is 12.8. The minimum Gasteiger partial charge on any atom is -0.463 e. The average molecular weight is 242 g/mol. The highest BCUT2D eigenvalue weighted by Gasteiger charge is 2.38. The van der Waals surface area contributed by atoms with Gasteiger partial charge in [0.25, 0.3) is 0 Å². The van der Waals surface area contributed by atoms with E-state index in [4.69, 9.17) is 4.74 Å². The average Bonchev–Trinajstić information content (AvgIpc) is 2.12. The number of esters is 1. The van der Waals surface area contributed by atoms with Crippen molar-refractivity contribution in [3.8, 4) is 0 Å². The fourth-order valence-corrected chi connectivity index (χ4v) is 3.28. The Morgan fingerprint density at radius 3 is 2.25 bits per heavy atom. The lowest BCUT2D eigenvalue weighted by molar-refractivity contribution is -0.137. The molecule has 0 aliphatic carbocycles. The van der Waals surface area contributed by atoms with Gasteiger partial charge in [-0.2, -0.15) is 0 Å². The molecule has 0 heterocycles. The van der Waals surface area contributed by atoms with Crippen LogP contribution in [0.5, 0.6) is 0 Å². The van der Waals surface area contributed by atoms with E-state index >= 15 is 0 Å². The van der Waals surface area contributed by atoms with Gasteiger partial charge in [-0.05, 0) is 17.5 Å². The molecular weight excluding hydrogens is 216 g/mol. The van der Waals surface area contributed by atoms with Crippen LogP contribution in [-0.4, -0.2) is 20.7 Å². The van der Waals surface area contributed by atoms with Gasteiger partial charge in [0.15, 0.2) is 0 Å². The van der Waals surface area contributed by atoms with Gasteiger partial charge in [-0.1, -0.05) is 46.9 Å². The molecule has 0 saturated carbocycles. The first-order valence-corrected chi connectivity index (χ1v) is 9.05. The van der Waals surface area contributed by atoms with Crippen LogP contribution in [0.15, 0.2) is 12.2 Å². The van der Waals surface area contributed by atoms with Crippen LogP contribution in [-0.2, 0) is 9.53 Å². The molecule has 1 unspecified atom stereocenters. The van der Waals surface area contributed by atoms with Gasteiger partial charge in [-0.3, -0.25) is 0 Å². The lowest BCUT2D eigenvalue weighted by Gasteiger charge is -2.40. The van der Waals surface area contributed by atoms with E-state index in [1.54, 1.807) is 6.08 Å². The molecule has 0 amide bonds. The van der Waals surface area contributed by atoms with E-state index in [0.717, 1.165) is 0 Å². The normalized spacial score (nSPS) is 15.2. The summed E-state index contributed by atoms with van der Waals surface area (Å²) in [5.41, 5.74) is 0.469. The Morgan fingerprint density at radius 1 is 1.38 bits per heavy atom. The number of hydrogen-bond acceptors (Lipinski definition) is 2. The van der Waals surface area contributed by atoms with Gasteiger partial charge in [-0.15, -0.1) is 0 Å². The van der Waals surface area contributed by atoms with Crippen LogP contribution in [0.2, 0.25) is 23.7 Å². The van der Waals surface area contributed by atoms with Crippen LogP contribution in [0.1, 0.15) is 34.6 Å². The Kier molecular flexibility index (Phi) is 5.46. The van der Waals surface area contributed by atoms with Crippen LogP contribution in [0.4, 0.5) is 0 Å². The summed E-state index contributed by atoms with van der Waals surface area (Å²) in [6, 6.07) is 0. The molecule has 0 radical (unpaired) electrons. The quantitative estimate of drug-likeness (QED) is 0.423. The van der Waals surface area contributed by atoms with Gasteiger partial charge in [0.05, 0.1) is 14.7 Å². The molecule has 0 rings (SSSR count). The predicted octanol–water partition coefficient (Wildman–Crippen LogP) is 4.00. The first-order chi connectivity index (χ1) is 7.13. The predicted molar refractivity (Wildman–Crippen MR) is 72.4 cm³/mol. The molecule has 0 aromatic rings. The molecule has 3 heteroatoms. The summed E-state index contributed by atoms with van der Waals surface area (Å²) in [5.74, 6) is -0.229. The number of hydrogen-bond donors (Lipinski definition) is 0. The molecule has 0 aliphatic rings. The lowest BCUT2D eigenvalue weighted by atomic mass is 10.2. The number of rotatable bonds is 4. The third-order valence-electron chi connectivity index (χ3n) is 3.88. The van der Waals surface area contributed by atoms with Gasteiger partial charge in [0.1, 0.15) is 0 Å². The zero-order valence-electron chi connectivity index (χ0n) is 11.8. The summed E-state index contributed by atoms with van der Waals surface area (Å²) in [7, 11) is -1.39. The molecule has 0 fully saturated rings. The molecule has 0 aromatic carbocycles. The molecule has 16 heavy (non-hydrogen) atoms. The van der Waals surface area contributed by atoms with Crippen LogP contribution in [0.3, 0.4) is 0 Å². The van der Waals surface area contributed by atoms with Crippen molar-refractivity contribution in [2.24, 2.45) is 0 Å². The number of ether oxygens (including phenoxy) is 1. The summed E-state index contributed by atoms with van der Waals surface area (Å²) < 4.78 is 4.88. The fraction of sp³-hybridized carbons (Fsp3) is 0.769. The Labute approximate surface area is 101 Å². The molecule has 0 spiro atoms. The van der Waals surface area contributed by atoms with E-state index in [0.29, 0.717) is 17.2 Å². The van der Waals surface area contributed by atoms with E-state index in [1.165, 1.54) is 0 Å². The minimum atomic E-state index is -1.39. The Hall–Kier alpha value is -0.573. The molecular formula is C13H26O2Si. The fourth-order valence-electron chi connectivity index (χ4n) is 1.34. The maximum atomic E-state index is 11.2. The second-order valence-electron chi connectivity index (χ2n) is 5.87. The van der Waals surface area contributed by atoms with Crippen molar-refractivity contribution < 1.29 is 9.53 Å². The third-order valence-corrected chi connectivity index (χ3v) is 10.2. The topological polar surface area (TPSA) is 26.3 Å². The van der Waals surface area contributed by atoms with Gasteiger partial charge < -0.3 is 4.74 Å². The van der Waals surface area contributed by atoms with Crippen LogP contribution >= 0.6 is 0 Å². The first kappa shape index (κ1) is 15.4. The molecule has 0 N–H and O–H groups in total. The molecule has 0 aromatic heterocycles. The number of carbonyl (C=O) groups is 1. The van der Waals surface area contributed by atoms with Crippen LogP contribution in [0, 0.1) is 0 Å². The SMILES string of the molecule is CCOC(=O)/C=C/C(C)[Si](C)(C)C(C)(C)C. The van der Waals surface area contributed by atoms with E-state index in [1.807, 2.05) is 13.0 Å². The van der Waals surface area contributed by atoms with Crippen molar-refractivity contribution in [1.82, 2.24) is 0 Å². The van der Waals surface area contributed by atoms with Crippen molar-refractivity contribution in [1.29, 1.82) is 0 Å². The number of allylic oxidation sites excluding steroid dienone is 1. The molecule has 0 aliphatic heterocycles. The largest absolute Gasteiger partial charge is 0.463 e. The van der Waals surface area contributed by atoms with E-state index in [9.17, 15) is 4.79 Å². The first-order valence-electron chi connectivity index (χ1n) is 5.98. The third kappa shape index (κ3) is 4.12. The Morgan fingerprint density at radius 2 is 1.88 bits per heavy atom. The second-order valence-corrected chi connectivity index (χ2v) is 11.7. The summed E-state index contributed by atoms with van der Waals surface area (Å²) in [6.45, 7) is 16.1. The van der Waals surface area contributed by atoms with Crippen LogP contribution < -0.4 is 0 Å².